The van der Waals surface area contributed by atoms with E-state index in [9.17, 15) is 4.39 Å². The Bertz CT molecular complexity index is 947. The van der Waals surface area contributed by atoms with Crippen LogP contribution in [0.5, 0.6) is 0 Å². The van der Waals surface area contributed by atoms with Crippen molar-refractivity contribution < 1.29 is 4.39 Å². The number of hydrogen-bond acceptors (Lipinski definition) is 3. The molecule has 2 aromatic heterocycles. The highest BCUT2D eigenvalue weighted by Gasteiger charge is 2.21. The molecule has 0 bridgehead atoms. The van der Waals surface area contributed by atoms with Gasteiger partial charge in [0.05, 0.1) is 0 Å². The van der Waals surface area contributed by atoms with Crippen molar-refractivity contribution in [1.29, 1.82) is 0 Å². The van der Waals surface area contributed by atoms with Gasteiger partial charge in [-0.25, -0.2) is 4.39 Å². The largest absolute Gasteiger partial charge is 0.356 e. The van der Waals surface area contributed by atoms with Crippen molar-refractivity contribution in [3.8, 4) is 0 Å². The predicted octanol–water partition coefficient (Wildman–Crippen LogP) is 2.94. The lowest BCUT2D eigenvalue weighted by atomic mass is 9.84. The number of benzene rings is 1. The van der Waals surface area contributed by atoms with Gasteiger partial charge in [0, 0.05) is 38.2 Å². The van der Waals surface area contributed by atoms with Crippen LogP contribution in [0.1, 0.15) is 31.7 Å². The number of aromatic nitrogens is 3. The van der Waals surface area contributed by atoms with Gasteiger partial charge in [0.1, 0.15) is 11.6 Å². The number of aliphatic imine (C=N–C) groups is 1. The Hall–Kier alpha value is -2.96. The summed E-state index contributed by atoms with van der Waals surface area (Å²) in [4.78, 5) is 4.27. The molecule has 1 aromatic carbocycles. The average Bonchev–Trinajstić information content (AvgIpc) is 3.10. The van der Waals surface area contributed by atoms with Gasteiger partial charge in [0.25, 0.3) is 0 Å². The molecule has 7 heteroatoms. The van der Waals surface area contributed by atoms with E-state index in [-0.39, 0.29) is 11.2 Å². The second kappa shape index (κ2) is 8.82. The zero-order chi connectivity index (χ0) is 20.0. The maximum Gasteiger partial charge on any atom is 0.191 e. The number of rotatable bonds is 7. The highest BCUT2D eigenvalue weighted by Crippen LogP contribution is 2.22. The van der Waals surface area contributed by atoms with Gasteiger partial charge in [-0.1, -0.05) is 32.0 Å². The summed E-state index contributed by atoms with van der Waals surface area (Å²) in [6, 6.07) is 12.6. The standard InChI is InChI=1S/C21H27FN6/c1-21(2,16-8-6-9-17(22)14-16)15-25-20(23-3)24-12-7-11-19-27-26-18-10-4-5-13-28(18)19/h4-6,8-10,13-14H,7,11-12,15H2,1-3H3,(H2,23,24,25). The number of nitrogens with zero attached hydrogens (tertiary/aromatic N) is 4. The number of halogens is 1. The van der Waals surface area contributed by atoms with Gasteiger partial charge >= 0.3 is 0 Å². The van der Waals surface area contributed by atoms with Crippen LogP contribution in [0.4, 0.5) is 4.39 Å². The fourth-order valence-electron chi connectivity index (χ4n) is 3.05. The van der Waals surface area contributed by atoms with E-state index in [4.69, 9.17) is 0 Å². The minimum Gasteiger partial charge on any atom is -0.356 e. The lowest BCUT2D eigenvalue weighted by molar-refractivity contribution is 0.503. The van der Waals surface area contributed by atoms with Gasteiger partial charge in [0.2, 0.25) is 0 Å². The Kier molecular flexibility index (Phi) is 6.23. The van der Waals surface area contributed by atoms with Crippen LogP contribution in [0.15, 0.2) is 53.7 Å². The van der Waals surface area contributed by atoms with Crippen molar-refractivity contribution in [1.82, 2.24) is 25.2 Å². The molecule has 3 rings (SSSR count). The van der Waals surface area contributed by atoms with Crippen LogP contribution < -0.4 is 10.6 Å². The van der Waals surface area contributed by atoms with Gasteiger partial charge in [-0.15, -0.1) is 10.2 Å². The molecule has 0 aliphatic carbocycles. The van der Waals surface area contributed by atoms with Gasteiger partial charge in [-0.2, -0.15) is 0 Å². The summed E-state index contributed by atoms with van der Waals surface area (Å²) in [5.41, 5.74) is 1.59. The van der Waals surface area contributed by atoms with E-state index in [1.807, 2.05) is 34.9 Å². The zero-order valence-corrected chi connectivity index (χ0v) is 16.6. The lowest BCUT2D eigenvalue weighted by Gasteiger charge is -2.26. The quantitative estimate of drug-likeness (QED) is 0.375. The molecule has 148 valence electrons. The Morgan fingerprint density at radius 3 is 2.79 bits per heavy atom. The third-order valence-electron chi connectivity index (χ3n) is 4.78. The smallest absolute Gasteiger partial charge is 0.191 e. The molecule has 0 amide bonds. The van der Waals surface area contributed by atoms with E-state index in [1.54, 1.807) is 19.2 Å². The molecule has 2 N–H and O–H groups in total. The van der Waals surface area contributed by atoms with Crippen molar-refractivity contribution in [3.05, 3.63) is 65.9 Å². The molecule has 2 heterocycles. The normalized spacial score (nSPS) is 12.4. The summed E-state index contributed by atoms with van der Waals surface area (Å²) in [6.07, 6.45) is 3.71. The average molecular weight is 382 g/mol. The molecule has 0 fully saturated rings. The molecule has 0 saturated carbocycles. The molecule has 0 atom stereocenters. The number of guanidine groups is 1. The molecule has 0 unspecified atom stereocenters. The molecular weight excluding hydrogens is 355 g/mol. The first kappa shape index (κ1) is 19.8. The zero-order valence-electron chi connectivity index (χ0n) is 16.6. The Morgan fingerprint density at radius 1 is 1.14 bits per heavy atom. The molecule has 0 saturated heterocycles. The Morgan fingerprint density at radius 2 is 2.00 bits per heavy atom. The fourth-order valence-corrected chi connectivity index (χ4v) is 3.05. The molecular formula is C21H27FN6. The third-order valence-corrected chi connectivity index (χ3v) is 4.78. The van der Waals surface area contributed by atoms with Crippen LogP contribution in [-0.4, -0.2) is 40.7 Å². The highest BCUT2D eigenvalue weighted by molar-refractivity contribution is 5.79. The van der Waals surface area contributed by atoms with E-state index in [1.165, 1.54) is 6.07 Å². The number of pyridine rings is 1. The minimum atomic E-state index is -0.222. The number of nitrogens with one attached hydrogen (secondary N) is 2. The fraction of sp³-hybridized carbons (Fsp3) is 0.381. The van der Waals surface area contributed by atoms with Crippen molar-refractivity contribution >= 4 is 11.6 Å². The van der Waals surface area contributed by atoms with E-state index < -0.39 is 0 Å². The van der Waals surface area contributed by atoms with Crippen LogP contribution in [0.2, 0.25) is 0 Å². The maximum atomic E-state index is 13.5. The molecule has 0 spiro atoms. The van der Waals surface area contributed by atoms with Gasteiger partial charge in [-0.3, -0.25) is 9.39 Å². The summed E-state index contributed by atoms with van der Waals surface area (Å²) in [6.45, 7) is 5.57. The monoisotopic (exact) mass is 382 g/mol. The number of aryl methyl sites for hydroxylation is 1. The third kappa shape index (κ3) is 4.85. The summed E-state index contributed by atoms with van der Waals surface area (Å²) in [5, 5.41) is 15.1. The first-order valence-electron chi connectivity index (χ1n) is 9.49. The molecule has 0 aliphatic heterocycles. The summed E-state index contributed by atoms with van der Waals surface area (Å²) in [5.74, 6) is 1.47. The van der Waals surface area contributed by atoms with Crippen LogP contribution in [0, 0.1) is 5.82 Å². The van der Waals surface area contributed by atoms with Crippen molar-refractivity contribution in [3.63, 3.8) is 0 Å². The van der Waals surface area contributed by atoms with E-state index in [2.05, 4.69) is 39.7 Å². The van der Waals surface area contributed by atoms with Crippen molar-refractivity contribution in [2.24, 2.45) is 4.99 Å². The molecule has 3 aromatic rings. The second-order valence-corrected chi connectivity index (χ2v) is 7.40. The second-order valence-electron chi connectivity index (χ2n) is 7.40. The van der Waals surface area contributed by atoms with Crippen LogP contribution in [-0.2, 0) is 11.8 Å². The van der Waals surface area contributed by atoms with Crippen LogP contribution in [0.3, 0.4) is 0 Å². The minimum absolute atomic E-state index is 0.214. The molecule has 28 heavy (non-hydrogen) atoms. The summed E-state index contributed by atoms with van der Waals surface area (Å²) >= 11 is 0. The Labute approximate surface area is 164 Å². The molecule has 0 radical (unpaired) electrons. The number of fused-ring (bicyclic) bond motifs is 1. The summed E-state index contributed by atoms with van der Waals surface area (Å²) < 4.78 is 15.5. The maximum absolute atomic E-state index is 13.5. The van der Waals surface area contributed by atoms with Crippen molar-refractivity contribution in [2.45, 2.75) is 32.1 Å². The van der Waals surface area contributed by atoms with E-state index >= 15 is 0 Å². The van der Waals surface area contributed by atoms with Crippen molar-refractivity contribution in [2.75, 3.05) is 20.1 Å². The topological polar surface area (TPSA) is 66.6 Å². The van der Waals surface area contributed by atoms with E-state index in [0.29, 0.717) is 6.54 Å². The lowest BCUT2D eigenvalue weighted by Crippen LogP contribution is -2.43. The predicted molar refractivity (Wildman–Crippen MR) is 110 cm³/mol. The number of hydrogen-bond donors (Lipinski definition) is 2. The van der Waals surface area contributed by atoms with Crippen LogP contribution in [0.25, 0.3) is 5.65 Å². The molecule has 0 aliphatic rings. The summed E-state index contributed by atoms with van der Waals surface area (Å²) in [7, 11) is 1.75. The first-order chi connectivity index (χ1) is 13.5. The SMILES string of the molecule is CN=C(NCCCc1nnc2ccccn12)NCC(C)(C)c1cccc(F)c1. The Balaban J connectivity index is 1.47. The van der Waals surface area contributed by atoms with Gasteiger partial charge < -0.3 is 10.6 Å². The highest BCUT2D eigenvalue weighted by atomic mass is 19.1. The van der Waals surface area contributed by atoms with Crippen LogP contribution >= 0.6 is 0 Å². The molecule has 6 nitrogen and oxygen atoms in total. The van der Waals surface area contributed by atoms with Gasteiger partial charge in [-0.05, 0) is 36.2 Å². The van der Waals surface area contributed by atoms with Gasteiger partial charge in [0.15, 0.2) is 11.6 Å². The first-order valence-corrected chi connectivity index (χ1v) is 9.49. The van der Waals surface area contributed by atoms with E-state index in [0.717, 1.165) is 42.4 Å².